The zero-order valence-corrected chi connectivity index (χ0v) is 11.5. The maximum Gasteiger partial charge on any atom is 0.336 e. The Morgan fingerprint density at radius 2 is 1.65 bits per heavy atom. The summed E-state index contributed by atoms with van der Waals surface area (Å²) in [4.78, 5) is 23.5. The predicted molar refractivity (Wildman–Crippen MR) is 75.7 cm³/mol. The van der Waals surface area contributed by atoms with E-state index in [9.17, 15) is 9.59 Å². The van der Waals surface area contributed by atoms with Crippen LogP contribution in [0.15, 0.2) is 52.3 Å². The summed E-state index contributed by atoms with van der Waals surface area (Å²) >= 11 is 1.32. The van der Waals surface area contributed by atoms with Gasteiger partial charge in [-0.1, -0.05) is 23.9 Å². The van der Waals surface area contributed by atoms with Crippen LogP contribution in [-0.2, 0) is 0 Å². The van der Waals surface area contributed by atoms with Gasteiger partial charge in [0.1, 0.15) is 0 Å². The van der Waals surface area contributed by atoms with Crippen LogP contribution in [0.2, 0.25) is 0 Å². The number of hydrogen-bond donors (Lipinski definition) is 2. The number of carboxylic acids is 2. The standard InChI is InChI=1S/C15H12O4S/c1-9-8-10(14(16)17)6-7-12(9)20-13-5-3-2-4-11(13)15(18)19/h2-8H,1H3,(H,16,17)(H,18,19). The van der Waals surface area contributed by atoms with Gasteiger partial charge in [-0.2, -0.15) is 0 Å². The molecule has 102 valence electrons. The van der Waals surface area contributed by atoms with Crippen LogP contribution >= 0.6 is 11.8 Å². The maximum atomic E-state index is 11.1. The molecule has 0 aliphatic heterocycles. The molecule has 2 aromatic rings. The van der Waals surface area contributed by atoms with E-state index >= 15 is 0 Å². The number of aryl methyl sites for hydroxylation is 1. The van der Waals surface area contributed by atoms with Gasteiger partial charge in [0, 0.05) is 9.79 Å². The van der Waals surface area contributed by atoms with Gasteiger partial charge in [0.25, 0.3) is 0 Å². The largest absolute Gasteiger partial charge is 0.478 e. The minimum atomic E-state index is -0.979. The number of rotatable bonds is 4. The van der Waals surface area contributed by atoms with Crippen LogP contribution in [0.3, 0.4) is 0 Å². The quantitative estimate of drug-likeness (QED) is 0.900. The van der Waals surface area contributed by atoms with Crippen molar-refractivity contribution in [1.29, 1.82) is 0 Å². The Kier molecular flexibility index (Phi) is 4.10. The van der Waals surface area contributed by atoms with Gasteiger partial charge >= 0.3 is 11.9 Å². The van der Waals surface area contributed by atoms with E-state index in [4.69, 9.17) is 10.2 Å². The number of carboxylic acid groups (broad SMARTS) is 2. The molecule has 20 heavy (non-hydrogen) atoms. The zero-order chi connectivity index (χ0) is 14.7. The van der Waals surface area contributed by atoms with Crippen molar-refractivity contribution < 1.29 is 19.8 Å². The number of hydrogen-bond acceptors (Lipinski definition) is 3. The second-order valence-electron chi connectivity index (χ2n) is 4.19. The van der Waals surface area contributed by atoms with Crippen LogP contribution in [0.4, 0.5) is 0 Å². The lowest BCUT2D eigenvalue weighted by atomic mass is 10.1. The highest BCUT2D eigenvalue weighted by Crippen LogP contribution is 2.33. The summed E-state index contributed by atoms with van der Waals surface area (Å²) in [5, 5.41) is 18.1. The van der Waals surface area contributed by atoms with Crippen LogP contribution in [0, 0.1) is 6.92 Å². The maximum absolute atomic E-state index is 11.1. The lowest BCUT2D eigenvalue weighted by Crippen LogP contribution is -1.99. The monoisotopic (exact) mass is 288 g/mol. The second-order valence-corrected chi connectivity index (χ2v) is 5.27. The van der Waals surface area contributed by atoms with Crippen molar-refractivity contribution in [3.05, 3.63) is 59.2 Å². The SMILES string of the molecule is Cc1cc(C(=O)O)ccc1Sc1ccccc1C(=O)O. The van der Waals surface area contributed by atoms with E-state index in [2.05, 4.69) is 0 Å². The molecule has 0 aliphatic carbocycles. The van der Waals surface area contributed by atoms with Gasteiger partial charge < -0.3 is 10.2 Å². The van der Waals surface area contributed by atoms with Crippen molar-refractivity contribution in [2.24, 2.45) is 0 Å². The van der Waals surface area contributed by atoms with E-state index in [1.807, 2.05) is 0 Å². The first kappa shape index (κ1) is 14.1. The Hall–Kier alpha value is -2.27. The fourth-order valence-corrected chi connectivity index (χ4v) is 2.75. The number of benzene rings is 2. The molecule has 2 rings (SSSR count). The van der Waals surface area contributed by atoms with Gasteiger partial charge in [-0.3, -0.25) is 0 Å². The minimum Gasteiger partial charge on any atom is -0.478 e. The van der Waals surface area contributed by atoms with Crippen LogP contribution in [-0.4, -0.2) is 22.2 Å². The van der Waals surface area contributed by atoms with E-state index in [-0.39, 0.29) is 11.1 Å². The molecule has 0 aliphatic rings. The van der Waals surface area contributed by atoms with E-state index in [1.165, 1.54) is 17.8 Å². The third-order valence-corrected chi connectivity index (χ3v) is 4.01. The molecule has 0 bridgehead atoms. The first-order chi connectivity index (χ1) is 9.49. The molecule has 0 aromatic heterocycles. The molecule has 0 saturated carbocycles. The lowest BCUT2D eigenvalue weighted by molar-refractivity contribution is 0.0684. The molecule has 5 heteroatoms. The molecular weight excluding hydrogens is 276 g/mol. The van der Waals surface area contributed by atoms with Crippen molar-refractivity contribution >= 4 is 23.7 Å². The first-order valence-corrected chi connectivity index (χ1v) is 6.65. The fraction of sp³-hybridized carbons (Fsp3) is 0.0667. The Bertz CT molecular complexity index is 679. The highest BCUT2D eigenvalue weighted by atomic mass is 32.2. The summed E-state index contributed by atoms with van der Waals surface area (Å²) in [6.45, 7) is 1.80. The summed E-state index contributed by atoms with van der Waals surface area (Å²) < 4.78 is 0. The Labute approximate surface area is 120 Å². The normalized spacial score (nSPS) is 10.2. The molecule has 0 heterocycles. The van der Waals surface area contributed by atoms with Crippen molar-refractivity contribution in [2.75, 3.05) is 0 Å². The van der Waals surface area contributed by atoms with E-state index in [0.717, 1.165) is 10.5 Å². The lowest BCUT2D eigenvalue weighted by Gasteiger charge is -2.08. The molecule has 0 fully saturated rings. The highest BCUT2D eigenvalue weighted by molar-refractivity contribution is 7.99. The molecule has 0 spiro atoms. The van der Waals surface area contributed by atoms with Crippen molar-refractivity contribution in [3.8, 4) is 0 Å². The van der Waals surface area contributed by atoms with Crippen molar-refractivity contribution in [2.45, 2.75) is 16.7 Å². The second kappa shape index (κ2) is 5.79. The Balaban J connectivity index is 2.36. The Morgan fingerprint density at radius 3 is 2.25 bits per heavy atom. The molecule has 0 saturated heterocycles. The molecule has 2 N–H and O–H groups in total. The van der Waals surface area contributed by atoms with Crippen molar-refractivity contribution in [1.82, 2.24) is 0 Å². The fourth-order valence-electron chi connectivity index (χ4n) is 1.75. The summed E-state index contributed by atoms with van der Waals surface area (Å²) in [7, 11) is 0. The summed E-state index contributed by atoms with van der Waals surface area (Å²) in [5.74, 6) is -1.96. The smallest absolute Gasteiger partial charge is 0.336 e. The Morgan fingerprint density at radius 1 is 0.950 bits per heavy atom. The van der Waals surface area contributed by atoms with E-state index < -0.39 is 11.9 Å². The van der Waals surface area contributed by atoms with E-state index in [0.29, 0.717) is 4.90 Å². The molecule has 0 radical (unpaired) electrons. The predicted octanol–water partition coefficient (Wildman–Crippen LogP) is 3.54. The average Bonchev–Trinajstić information content (AvgIpc) is 2.41. The van der Waals surface area contributed by atoms with Crippen LogP contribution in [0.25, 0.3) is 0 Å². The van der Waals surface area contributed by atoms with E-state index in [1.54, 1.807) is 43.3 Å². The van der Waals surface area contributed by atoms with Gasteiger partial charge in [0.2, 0.25) is 0 Å². The molecule has 0 unspecified atom stereocenters. The molecular formula is C15H12O4S. The summed E-state index contributed by atoms with van der Waals surface area (Å²) in [6, 6.07) is 11.5. The van der Waals surface area contributed by atoms with Crippen molar-refractivity contribution in [3.63, 3.8) is 0 Å². The third-order valence-electron chi connectivity index (χ3n) is 2.76. The van der Waals surface area contributed by atoms with Gasteiger partial charge in [-0.25, -0.2) is 9.59 Å². The molecule has 2 aromatic carbocycles. The first-order valence-electron chi connectivity index (χ1n) is 5.83. The number of carbonyl (C=O) groups is 2. The van der Waals surface area contributed by atoms with Gasteiger partial charge in [-0.05, 0) is 42.8 Å². The van der Waals surface area contributed by atoms with Crippen LogP contribution in [0.5, 0.6) is 0 Å². The van der Waals surface area contributed by atoms with Gasteiger partial charge in [-0.15, -0.1) is 0 Å². The highest BCUT2D eigenvalue weighted by Gasteiger charge is 2.12. The molecule has 0 amide bonds. The molecule has 4 nitrogen and oxygen atoms in total. The average molecular weight is 288 g/mol. The van der Waals surface area contributed by atoms with Crippen LogP contribution < -0.4 is 0 Å². The van der Waals surface area contributed by atoms with Crippen LogP contribution in [0.1, 0.15) is 26.3 Å². The third kappa shape index (κ3) is 3.00. The topological polar surface area (TPSA) is 74.6 Å². The van der Waals surface area contributed by atoms with Gasteiger partial charge in [0.05, 0.1) is 11.1 Å². The van der Waals surface area contributed by atoms with Gasteiger partial charge in [0.15, 0.2) is 0 Å². The number of aromatic carboxylic acids is 2. The zero-order valence-electron chi connectivity index (χ0n) is 10.7. The molecule has 0 atom stereocenters. The minimum absolute atomic E-state index is 0.221. The summed E-state index contributed by atoms with van der Waals surface area (Å²) in [5.41, 5.74) is 1.26. The summed E-state index contributed by atoms with van der Waals surface area (Å²) in [6.07, 6.45) is 0.